The van der Waals surface area contributed by atoms with Gasteiger partial charge in [-0.25, -0.2) is 0 Å². The molecule has 3 fully saturated rings. The fraction of sp³-hybridized carbons (Fsp3) is 0.519. The Morgan fingerprint density at radius 1 is 0.912 bits per heavy atom. The van der Waals surface area contributed by atoms with Gasteiger partial charge in [0.1, 0.15) is 5.75 Å². The van der Waals surface area contributed by atoms with Crippen LogP contribution < -0.4 is 9.64 Å². The number of hydrogen-bond acceptors (Lipinski definition) is 4. The molecule has 5 nitrogen and oxygen atoms in total. The van der Waals surface area contributed by atoms with Gasteiger partial charge in [-0.05, 0) is 73.6 Å². The van der Waals surface area contributed by atoms with Gasteiger partial charge in [0.25, 0.3) is 5.91 Å². The summed E-state index contributed by atoms with van der Waals surface area (Å²) >= 11 is 12.2. The summed E-state index contributed by atoms with van der Waals surface area (Å²) in [5, 5.41) is 1.11. The van der Waals surface area contributed by atoms with Gasteiger partial charge >= 0.3 is 0 Å². The Hall–Kier alpha value is -1.95. The molecule has 1 saturated carbocycles. The maximum Gasteiger partial charge on any atom is 0.253 e. The summed E-state index contributed by atoms with van der Waals surface area (Å²) < 4.78 is 5.94. The summed E-state index contributed by atoms with van der Waals surface area (Å²) in [6, 6.07) is 13.3. The number of ether oxygens (including phenoxy) is 1. The molecule has 2 atom stereocenters. The molecule has 2 aromatic carbocycles. The van der Waals surface area contributed by atoms with Crippen LogP contribution in [0.25, 0.3) is 0 Å². The second-order valence-corrected chi connectivity index (χ2v) is 10.6. The highest BCUT2D eigenvalue weighted by Gasteiger charge is 2.35. The molecule has 182 valence electrons. The molecule has 7 heteroatoms. The Kier molecular flexibility index (Phi) is 7.52. The highest BCUT2D eigenvalue weighted by atomic mass is 35.5. The minimum absolute atomic E-state index is 0.0694. The lowest BCUT2D eigenvalue weighted by Crippen LogP contribution is -2.48. The van der Waals surface area contributed by atoms with Gasteiger partial charge in [-0.1, -0.05) is 29.6 Å². The van der Waals surface area contributed by atoms with Crippen LogP contribution in [0.15, 0.2) is 42.5 Å². The molecule has 2 unspecified atom stereocenters. The number of carbonyl (C=O) groups excluding carboxylic acids is 1. The lowest BCUT2D eigenvalue weighted by molar-refractivity contribution is 0.0746. The van der Waals surface area contributed by atoms with Crippen molar-refractivity contribution >= 4 is 34.8 Å². The van der Waals surface area contributed by atoms with Crippen molar-refractivity contribution in [1.29, 1.82) is 0 Å². The highest BCUT2D eigenvalue weighted by molar-refractivity contribution is 6.42. The lowest BCUT2D eigenvalue weighted by Gasteiger charge is -2.36. The number of amides is 1. The number of halogens is 2. The predicted molar refractivity (Wildman–Crippen MR) is 138 cm³/mol. The smallest absolute Gasteiger partial charge is 0.253 e. The molecular formula is C27H33Cl2N3O2. The van der Waals surface area contributed by atoms with Crippen LogP contribution >= 0.6 is 23.2 Å². The Bertz CT molecular complexity index is 980. The standard InChI is InChI=1S/C27H33Cl2N3O2/c28-25-10-7-23(17-26(25)29)31-12-14-32(15-13-31)27(33)20-5-8-24(9-6-20)34-16-2-11-30-18-21-3-1-4-22(21)19-30/h5-10,17,21-22H,1-4,11-16,18-19H2. The molecule has 0 spiro atoms. The average Bonchev–Trinajstić information content (AvgIpc) is 3.46. The molecule has 1 amide bonds. The Balaban J connectivity index is 1.05. The third kappa shape index (κ3) is 5.48. The number of benzene rings is 2. The Morgan fingerprint density at radius 3 is 2.29 bits per heavy atom. The van der Waals surface area contributed by atoms with Crippen LogP contribution in [0.3, 0.4) is 0 Å². The molecule has 0 radical (unpaired) electrons. The second kappa shape index (κ2) is 10.8. The van der Waals surface area contributed by atoms with Crippen molar-refractivity contribution < 1.29 is 9.53 Å². The first-order valence-corrected chi connectivity index (χ1v) is 13.3. The summed E-state index contributed by atoms with van der Waals surface area (Å²) in [4.78, 5) is 19.7. The number of likely N-dealkylation sites (tertiary alicyclic amines) is 1. The molecule has 2 aliphatic heterocycles. The zero-order chi connectivity index (χ0) is 23.5. The summed E-state index contributed by atoms with van der Waals surface area (Å²) in [5.41, 5.74) is 1.74. The van der Waals surface area contributed by atoms with E-state index < -0.39 is 0 Å². The van der Waals surface area contributed by atoms with E-state index >= 15 is 0 Å². The summed E-state index contributed by atoms with van der Waals surface area (Å²) in [6.07, 6.45) is 5.33. The number of rotatable bonds is 7. The topological polar surface area (TPSA) is 36.0 Å². The largest absolute Gasteiger partial charge is 0.494 e. The van der Waals surface area contributed by atoms with Crippen LogP contribution in [0, 0.1) is 11.8 Å². The molecule has 3 aliphatic rings. The third-order valence-electron chi connectivity index (χ3n) is 7.63. The first kappa shape index (κ1) is 23.8. The van der Waals surface area contributed by atoms with E-state index in [-0.39, 0.29) is 5.91 Å². The fourth-order valence-electron chi connectivity index (χ4n) is 5.72. The van der Waals surface area contributed by atoms with Crippen molar-refractivity contribution in [2.24, 2.45) is 11.8 Å². The monoisotopic (exact) mass is 501 g/mol. The molecule has 2 heterocycles. The average molecular weight is 502 g/mol. The first-order valence-electron chi connectivity index (χ1n) is 12.5. The van der Waals surface area contributed by atoms with E-state index in [1.807, 2.05) is 47.4 Å². The van der Waals surface area contributed by atoms with E-state index in [0.29, 0.717) is 28.7 Å². The van der Waals surface area contributed by atoms with Gasteiger partial charge in [-0.2, -0.15) is 0 Å². The molecule has 2 saturated heterocycles. The summed E-state index contributed by atoms with van der Waals surface area (Å²) in [7, 11) is 0. The van der Waals surface area contributed by atoms with Gasteiger partial charge in [-0.3, -0.25) is 4.79 Å². The van der Waals surface area contributed by atoms with E-state index in [4.69, 9.17) is 27.9 Å². The van der Waals surface area contributed by atoms with Gasteiger partial charge in [0.05, 0.1) is 16.7 Å². The van der Waals surface area contributed by atoms with Crippen LogP contribution in [-0.4, -0.2) is 68.1 Å². The number of nitrogens with zero attached hydrogens (tertiary/aromatic N) is 3. The molecule has 34 heavy (non-hydrogen) atoms. The van der Waals surface area contributed by atoms with Gasteiger partial charge in [0.15, 0.2) is 0 Å². The summed E-state index contributed by atoms with van der Waals surface area (Å²) in [5.74, 6) is 2.80. The third-order valence-corrected chi connectivity index (χ3v) is 8.36. The fourth-order valence-corrected chi connectivity index (χ4v) is 6.01. The molecule has 0 bridgehead atoms. The van der Waals surface area contributed by atoms with Crippen LogP contribution in [0.1, 0.15) is 36.0 Å². The van der Waals surface area contributed by atoms with Crippen molar-refractivity contribution in [2.75, 3.05) is 57.3 Å². The van der Waals surface area contributed by atoms with Crippen molar-refractivity contribution in [3.63, 3.8) is 0 Å². The quantitative estimate of drug-likeness (QED) is 0.472. The van der Waals surface area contributed by atoms with E-state index in [9.17, 15) is 4.79 Å². The van der Waals surface area contributed by atoms with Crippen molar-refractivity contribution in [3.05, 3.63) is 58.1 Å². The van der Waals surface area contributed by atoms with Crippen LogP contribution in [0.5, 0.6) is 5.75 Å². The van der Waals surface area contributed by atoms with Crippen molar-refractivity contribution in [2.45, 2.75) is 25.7 Å². The van der Waals surface area contributed by atoms with E-state index in [1.165, 1.54) is 32.4 Å². The van der Waals surface area contributed by atoms with Crippen molar-refractivity contribution in [3.8, 4) is 5.75 Å². The minimum Gasteiger partial charge on any atom is -0.494 e. The Labute approximate surface area is 212 Å². The number of fused-ring (bicyclic) bond motifs is 1. The number of anilines is 1. The predicted octanol–water partition coefficient (Wildman–Crippen LogP) is 5.46. The SMILES string of the molecule is O=C(c1ccc(OCCCN2CC3CCCC3C2)cc1)N1CCN(c2ccc(Cl)c(Cl)c2)CC1. The van der Waals surface area contributed by atoms with Gasteiger partial charge in [0, 0.05) is 57.1 Å². The van der Waals surface area contributed by atoms with Gasteiger partial charge in [0.2, 0.25) is 0 Å². The Morgan fingerprint density at radius 2 is 1.62 bits per heavy atom. The maximum absolute atomic E-state index is 13.0. The van der Waals surface area contributed by atoms with Crippen molar-refractivity contribution in [1.82, 2.24) is 9.80 Å². The number of hydrogen-bond donors (Lipinski definition) is 0. The zero-order valence-electron chi connectivity index (χ0n) is 19.6. The normalized spacial score (nSPS) is 22.8. The van der Waals surface area contributed by atoms with Gasteiger partial charge < -0.3 is 19.4 Å². The molecule has 0 N–H and O–H groups in total. The molecule has 5 rings (SSSR count). The first-order chi connectivity index (χ1) is 16.6. The highest BCUT2D eigenvalue weighted by Crippen LogP contribution is 2.37. The van der Waals surface area contributed by atoms with E-state index in [2.05, 4.69) is 9.80 Å². The minimum atomic E-state index is 0.0694. The molecular weight excluding hydrogens is 469 g/mol. The van der Waals surface area contributed by atoms with Gasteiger partial charge in [-0.15, -0.1) is 0 Å². The van der Waals surface area contributed by atoms with E-state index in [0.717, 1.165) is 55.9 Å². The van der Waals surface area contributed by atoms with Crippen LogP contribution in [0.4, 0.5) is 5.69 Å². The zero-order valence-corrected chi connectivity index (χ0v) is 21.1. The maximum atomic E-state index is 13.0. The van der Waals surface area contributed by atoms with E-state index in [1.54, 1.807) is 0 Å². The molecule has 1 aliphatic carbocycles. The second-order valence-electron chi connectivity index (χ2n) is 9.81. The molecule has 0 aromatic heterocycles. The van der Waals surface area contributed by atoms with Crippen LogP contribution in [0.2, 0.25) is 10.0 Å². The summed E-state index contributed by atoms with van der Waals surface area (Å²) in [6.45, 7) is 7.29. The molecule has 2 aromatic rings. The van der Waals surface area contributed by atoms with Crippen LogP contribution in [-0.2, 0) is 0 Å². The lowest BCUT2D eigenvalue weighted by atomic mass is 10.0. The number of carbonyl (C=O) groups is 1. The number of piperazine rings is 1.